The summed E-state index contributed by atoms with van der Waals surface area (Å²) in [5.74, 6) is -2.10. The van der Waals surface area contributed by atoms with Crippen molar-refractivity contribution in [2.75, 3.05) is 0 Å². The Labute approximate surface area is 280 Å². The molecule has 4 aromatic rings. The van der Waals surface area contributed by atoms with Crippen LogP contribution in [0.1, 0.15) is 117 Å². The lowest BCUT2D eigenvalue weighted by Crippen LogP contribution is -2.29. The minimum atomic E-state index is -0.526. The molecule has 4 aliphatic carbocycles. The van der Waals surface area contributed by atoms with Gasteiger partial charge in [0.2, 0.25) is 0 Å². The van der Waals surface area contributed by atoms with Gasteiger partial charge in [-0.1, -0.05) is 19.3 Å². The van der Waals surface area contributed by atoms with Crippen molar-refractivity contribution in [1.82, 2.24) is 9.97 Å². The number of Topliss-reactive ketones (excluding diaryl/α,β-unsaturated/α-hetero) is 4. The molecule has 0 saturated heterocycles. The summed E-state index contributed by atoms with van der Waals surface area (Å²) in [5.41, 5.74) is 1.48. The van der Waals surface area contributed by atoms with E-state index in [-0.39, 0.29) is 55.7 Å². The zero-order chi connectivity index (χ0) is 33.5. The summed E-state index contributed by atoms with van der Waals surface area (Å²) in [6, 6.07) is 12.8. The predicted octanol–water partition coefficient (Wildman–Crippen LogP) is 6.24. The van der Waals surface area contributed by atoms with Crippen LogP contribution in [0.3, 0.4) is 0 Å². The fourth-order valence-corrected chi connectivity index (χ4v) is 9.46. The topological polar surface area (TPSA) is 189 Å². The molecule has 1 fully saturated rings. The fourth-order valence-electron chi connectivity index (χ4n) is 7.11. The molecule has 8 rings (SSSR count). The Morgan fingerprint density at radius 3 is 1.21 bits per heavy atom. The minimum Gasteiger partial charge on any atom is -0.288 e. The molecule has 0 N–H and O–H groups in total. The quantitative estimate of drug-likeness (QED) is 0.176. The van der Waals surface area contributed by atoms with Crippen molar-refractivity contribution < 1.29 is 19.2 Å². The number of benzene rings is 2. The van der Waals surface area contributed by atoms with Gasteiger partial charge in [-0.3, -0.25) is 19.2 Å². The predicted molar refractivity (Wildman–Crippen MR) is 172 cm³/mol. The van der Waals surface area contributed by atoms with E-state index in [1.807, 2.05) is 24.3 Å². The number of carbonyl (C=O) groups is 4. The van der Waals surface area contributed by atoms with Crippen molar-refractivity contribution in [3.05, 3.63) is 101 Å². The summed E-state index contributed by atoms with van der Waals surface area (Å²) in [4.78, 5) is 64.9. The van der Waals surface area contributed by atoms with Gasteiger partial charge in [-0.2, -0.15) is 21.0 Å². The first-order chi connectivity index (χ1) is 23.2. The van der Waals surface area contributed by atoms with E-state index in [0.29, 0.717) is 10.0 Å². The van der Waals surface area contributed by atoms with Gasteiger partial charge in [0.25, 0.3) is 0 Å². The summed E-state index contributed by atoms with van der Waals surface area (Å²) in [7, 11) is 0. The maximum absolute atomic E-state index is 13.3. The molecule has 1 saturated carbocycles. The molecule has 10 nitrogen and oxygen atoms in total. The smallest absolute Gasteiger partial charge is 0.197 e. The van der Waals surface area contributed by atoms with E-state index in [1.165, 1.54) is 59.1 Å². The van der Waals surface area contributed by atoms with Crippen LogP contribution in [0, 0.1) is 45.3 Å². The number of nitrogens with zero attached hydrogens (tertiary/aromatic N) is 6. The highest BCUT2D eigenvalue weighted by Crippen LogP contribution is 2.59. The Hall–Kier alpha value is -6.18. The summed E-state index contributed by atoms with van der Waals surface area (Å²) >= 11 is 2.66. The second kappa shape index (κ2) is 10.4. The number of thiazole rings is 2. The van der Waals surface area contributed by atoms with Crippen LogP contribution in [0.5, 0.6) is 0 Å². The van der Waals surface area contributed by atoms with Crippen molar-refractivity contribution >= 4 is 58.0 Å². The second-order valence-corrected chi connectivity index (χ2v) is 13.9. The lowest BCUT2D eigenvalue weighted by Gasteiger charge is -2.32. The van der Waals surface area contributed by atoms with E-state index >= 15 is 0 Å². The van der Waals surface area contributed by atoms with Crippen LogP contribution in [-0.4, -0.2) is 33.1 Å². The number of allylic oxidation sites excluding steroid dienone is 2. The lowest BCUT2D eigenvalue weighted by molar-refractivity contribution is 0.0975. The van der Waals surface area contributed by atoms with Crippen LogP contribution < -0.4 is 0 Å². The van der Waals surface area contributed by atoms with Gasteiger partial charge >= 0.3 is 0 Å². The molecule has 2 aromatic heterocycles. The third-order valence-corrected chi connectivity index (χ3v) is 11.6. The molecule has 2 heterocycles. The van der Waals surface area contributed by atoms with Gasteiger partial charge < -0.3 is 0 Å². The summed E-state index contributed by atoms with van der Waals surface area (Å²) in [5, 5.41) is 38.6. The fraction of sp³-hybridized carbons (Fsp3) is 0.167. The summed E-state index contributed by atoms with van der Waals surface area (Å²) < 4.78 is 0. The molecule has 12 heteroatoms. The number of fused-ring (bicyclic) bond motifs is 7. The molecule has 4 aliphatic rings. The third-order valence-electron chi connectivity index (χ3n) is 9.40. The van der Waals surface area contributed by atoms with Crippen LogP contribution in [0.4, 0.5) is 0 Å². The van der Waals surface area contributed by atoms with Gasteiger partial charge in [0.15, 0.2) is 23.1 Å². The van der Waals surface area contributed by atoms with Crippen LogP contribution in [-0.2, 0) is 5.41 Å². The summed E-state index contributed by atoms with van der Waals surface area (Å²) in [6.07, 6.45) is 7.49. The zero-order valence-corrected chi connectivity index (χ0v) is 26.3. The van der Waals surface area contributed by atoms with E-state index in [4.69, 9.17) is 9.97 Å². The molecular weight excluding hydrogens is 645 g/mol. The monoisotopic (exact) mass is 660 g/mol. The lowest BCUT2D eigenvalue weighted by atomic mass is 9.72. The van der Waals surface area contributed by atoms with Gasteiger partial charge in [-0.15, -0.1) is 22.7 Å². The Bertz CT molecular complexity index is 2240. The third kappa shape index (κ3) is 3.91. The number of carbonyl (C=O) groups excluding carboxylic acids is 4. The molecule has 0 aliphatic heterocycles. The standard InChI is InChI=1S/C36H16N6O4S2/c37-12-16-6-20-21(7-17(16)13-38)29(44)24(28(20)43)10-26-41-34-32(47-26)33-35(36(34)4-2-1-3-5-36)42-27(48-33)11-25-30(45)22-8-18(14-39)19(15-40)9-23(22)31(25)46/h6-11H,1-5H2. The molecule has 0 bridgehead atoms. The number of hydrogen-bond donors (Lipinski definition) is 0. The molecule has 0 unspecified atom stereocenters. The molecular formula is C36H16N6O4S2. The Morgan fingerprint density at radius 1 is 0.562 bits per heavy atom. The van der Waals surface area contributed by atoms with Gasteiger partial charge in [0.05, 0.1) is 60.0 Å². The molecule has 0 radical (unpaired) electrons. The van der Waals surface area contributed by atoms with Crippen molar-refractivity contribution in [2.45, 2.75) is 37.5 Å². The number of aromatic nitrogens is 2. The number of nitriles is 4. The Balaban J connectivity index is 1.20. The Kier molecular flexibility index (Phi) is 6.35. The summed E-state index contributed by atoms with van der Waals surface area (Å²) in [6.45, 7) is 0. The zero-order valence-electron chi connectivity index (χ0n) is 24.6. The second-order valence-electron chi connectivity index (χ2n) is 11.9. The van der Waals surface area contributed by atoms with Crippen molar-refractivity contribution in [3.8, 4) is 34.0 Å². The largest absolute Gasteiger partial charge is 0.288 e. The maximum atomic E-state index is 13.3. The highest BCUT2D eigenvalue weighted by molar-refractivity contribution is 7.23. The first-order valence-electron chi connectivity index (χ1n) is 14.8. The molecule has 0 amide bonds. The van der Waals surface area contributed by atoms with Crippen molar-refractivity contribution in [2.24, 2.45) is 0 Å². The molecule has 2 aromatic carbocycles. The van der Waals surface area contributed by atoms with Crippen molar-refractivity contribution in [1.29, 1.82) is 21.0 Å². The average Bonchev–Trinajstić information content (AvgIpc) is 3.88. The highest BCUT2D eigenvalue weighted by Gasteiger charge is 2.49. The van der Waals surface area contributed by atoms with E-state index in [0.717, 1.165) is 53.2 Å². The molecule has 1 spiro atoms. The highest BCUT2D eigenvalue weighted by atomic mass is 32.1. The number of rotatable bonds is 2. The van der Waals surface area contributed by atoms with E-state index in [9.17, 15) is 40.2 Å². The minimum absolute atomic E-state index is 0.0262. The van der Waals surface area contributed by atoms with E-state index < -0.39 is 28.5 Å². The number of ketones is 4. The maximum Gasteiger partial charge on any atom is 0.197 e. The van der Waals surface area contributed by atoms with Crippen LogP contribution >= 0.6 is 22.7 Å². The van der Waals surface area contributed by atoms with Crippen LogP contribution in [0.15, 0.2) is 35.4 Å². The normalized spacial score (nSPS) is 16.5. The average molecular weight is 661 g/mol. The van der Waals surface area contributed by atoms with Crippen LogP contribution in [0.2, 0.25) is 0 Å². The van der Waals surface area contributed by atoms with Crippen LogP contribution in [0.25, 0.3) is 21.9 Å². The molecule has 0 atom stereocenters. The Morgan fingerprint density at radius 2 is 0.896 bits per heavy atom. The van der Waals surface area contributed by atoms with E-state index in [1.54, 1.807) is 0 Å². The van der Waals surface area contributed by atoms with Gasteiger partial charge in [0, 0.05) is 22.3 Å². The molecule has 226 valence electrons. The van der Waals surface area contributed by atoms with Gasteiger partial charge in [-0.05, 0) is 49.3 Å². The molecule has 48 heavy (non-hydrogen) atoms. The first kappa shape index (κ1) is 29.2. The van der Waals surface area contributed by atoms with E-state index in [2.05, 4.69) is 0 Å². The van der Waals surface area contributed by atoms with Gasteiger partial charge in [0.1, 0.15) is 34.3 Å². The SMILES string of the molecule is N#Cc1cc2c(cc1C#N)C(=O)C(=Cc1nc3c(s1)-c1sc(C=C4C(=O)c5cc(C#N)c(C#N)cc5C4=O)nc1C31CCCCC1)C2=O. The number of hydrogen-bond acceptors (Lipinski definition) is 12. The first-order valence-corrected chi connectivity index (χ1v) is 16.5. The van der Waals surface area contributed by atoms with Gasteiger partial charge in [-0.25, -0.2) is 9.97 Å². The van der Waals surface area contributed by atoms with Crippen molar-refractivity contribution in [3.63, 3.8) is 0 Å².